The molecule has 6 nitrogen and oxygen atoms in total. The molecule has 0 aliphatic heterocycles. The molecule has 1 heterocycles. The number of ether oxygens (including phenoxy) is 3. The first-order valence-corrected chi connectivity index (χ1v) is 6.71. The zero-order valence-electron chi connectivity index (χ0n) is 12.1. The lowest BCUT2D eigenvalue weighted by Crippen LogP contribution is -2.08. The van der Waals surface area contributed by atoms with E-state index in [-0.39, 0.29) is 0 Å². The van der Waals surface area contributed by atoms with Crippen molar-refractivity contribution in [2.24, 2.45) is 7.05 Å². The van der Waals surface area contributed by atoms with Crippen LogP contribution in [0.1, 0.15) is 25.5 Å². The largest absolute Gasteiger partial charge is 0.476 e. The summed E-state index contributed by atoms with van der Waals surface area (Å²) in [6.45, 7) is 4.57. The van der Waals surface area contributed by atoms with Crippen LogP contribution in [0.4, 0.5) is 5.69 Å². The fourth-order valence-corrected chi connectivity index (χ4v) is 1.74. The van der Waals surface area contributed by atoms with Crippen molar-refractivity contribution in [3.63, 3.8) is 0 Å². The third kappa shape index (κ3) is 5.08. The molecular formula is C13H25N3O3. The molecule has 0 amide bonds. The van der Waals surface area contributed by atoms with Gasteiger partial charge in [-0.15, -0.1) is 0 Å². The van der Waals surface area contributed by atoms with Crippen LogP contribution >= 0.6 is 0 Å². The summed E-state index contributed by atoms with van der Waals surface area (Å²) in [5.41, 5.74) is 7.58. The minimum Gasteiger partial charge on any atom is -0.476 e. The molecule has 1 rings (SSSR count). The number of hydrogen-bond donors (Lipinski definition) is 1. The molecule has 0 spiro atoms. The van der Waals surface area contributed by atoms with Crippen molar-refractivity contribution in [2.75, 3.05) is 39.3 Å². The van der Waals surface area contributed by atoms with Crippen LogP contribution < -0.4 is 10.5 Å². The SMILES string of the molecule is CCCc1nn(C)c(OCCCOCCOC)c1N. The van der Waals surface area contributed by atoms with E-state index in [2.05, 4.69) is 12.0 Å². The third-order valence-electron chi connectivity index (χ3n) is 2.70. The van der Waals surface area contributed by atoms with Crippen molar-refractivity contribution in [3.8, 4) is 5.88 Å². The zero-order valence-corrected chi connectivity index (χ0v) is 12.1. The summed E-state index contributed by atoms with van der Waals surface area (Å²) in [7, 11) is 3.51. The maximum absolute atomic E-state index is 6.01. The highest BCUT2D eigenvalue weighted by molar-refractivity contribution is 5.53. The lowest BCUT2D eigenvalue weighted by Gasteiger charge is -2.07. The summed E-state index contributed by atoms with van der Waals surface area (Å²) < 4.78 is 17.6. The molecule has 0 radical (unpaired) electrons. The molecule has 0 aliphatic rings. The molecule has 0 bridgehead atoms. The Labute approximate surface area is 114 Å². The van der Waals surface area contributed by atoms with Gasteiger partial charge in [0.25, 0.3) is 0 Å². The van der Waals surface area contributed by atoms with Gasteiger partial charge in [-0.2, -0.15) is 5.10 Å². The van der Waals surface area contributed by atoms with Crippen LogP contribution in [0.5, 0.6) is 5.88 Å². The molecule has 0 unspecified atom stereocenters. The Bertz CT molecular complexity index is 366. The van der Waals surface area contributed by atoms with Gasteiger partial charge in [0.05, 0.1) is 25.5 Å². The van der Waals surface area contributed by atoms with E-state index in [9.17, 15) is 0 Å². The van der Waals surface area contributed by atoms with E-state index in [4.69, 9.17) is 19.9 Å². The van der Waals surface area contributed by atoms with Crippen molar-refractivity contribution in [1.82, 2.24) is 9.78 Å². The number of rotatable bonds is 10. The summed E-state index contributed by atoms with van der Waals surface area (Å²) in [5, 5.41) is 4.36. The first kappa shape index (κ1) is 15.8. The van der Waals surface area contributed by atoms with Crippen molar-refractivity contribution in [2.45, 2.75) is 26.2 Å². The number of methoxy groups -OCH3 is 1. The van der Waals surface area contributed by atoms with Gasteiger partial charge in [0, 0.05) is 27.2 Å². The van der Waals surface area contributed by atoms with Crippen LogP contribution in [0.2, 0.25) is 0 Å². The number of aryl methyl sites for hydroxylation is 2. The molecule has 1 aromatic heterocycles. The molecule has 0 atom stereocenters. The minimum atomic E-state index is 0.572. The molecule has 0 saturated heterocycles. The summed E-state index contributed by atoms with van der Waals surface area (Å²) in [6.07, 6.45) is 2.72. The summed E-state index contributed by atoms with van der Waals surface area (Å²) in [4.78, 5) is 0. The van der Waals surface area contributed by atoms with Crippen molar-refractivity contribution in [1.29, 1.82) is 0 Å². The molecule has 0 saturated carbocycles. The van der Waals surface area contributed by atoms with Gasteiger partial charge >= 0.3 is 0 Å². The summed E-state index contributed by atoms with van der Waals surface area (Å²) in [6, 6.07) is 0. The van der Waals surface area contributed by atoms with Gasteiger partial charge in [-0.3, -0.25) is 0 Å². The molecule has 110 valence electrons. The Morgan fingerprint density at radius 1 is 1.21 bits per heavy atom. The van der Waals surface area contributed by atoms with Crippen LogP contribution in [0, 0.1) is 0 Å². The van der Waals surface area contributed by atoms with Crippen molar-refractivity contribution < 1.29 is 14.2 Å². The van der Waals surface area contributed by atoms with E-state index < -0.39 is 0 Å². The monoisotopic (exact) mass is 271 g/mol. The standard InChI is InChI=1S/C13H25N3O3/c1-4-6-11-12(14)13(16(2)15-11)19-8-5-7-18-10-9-17-3/h4-10,14H2,1-3H3. The highest BCUT2D eigenvalue weighted by atomic mass is 16.5. The Balaban J connectivity index is 2.29. The van der Waals surface area contributed by atoms with Crippen LogP contribution in [-0.4, -0.2) is 43.3 Å². The quantitative estimate of drug-likeness (QED) is 0.651. The van der Waals surface area contributed by atoms with Crippen LogP contribution in [0.3, 0.4) is 0 Å². The highest BCUT2D eigenvalue weighted by Gasteiger charge is 2.13. The average Bonchev–Trinajstić information content (AvgIpc) is 2.65. The predicted octanol–water partition coefficient (Wildman–Crippen LogP) is 1.39. The number of hydrogen-bond acceptors (Lipinski definition) is 5. The van der Waals surface area contributed by atoms with E-state index in [1.165, 1.54) is 0 Å². The Morgan fingerprint density at radius 3 is 2.68 bits per heavy atom. The van der Waals surface area contributed by atoms with E-state index in [1.54, 1.807) is 11.8 Å². The Hall–Kier alpha value is -1.27. The maximum Gasteiger partial charge on any atom is 0.235 e. The van der Waals surface area contributed by atoms with Gasteiger partial charge in [-0.1, -0.05) is 13.3 Å². The van der Waals surface area contributed by atoms with Crippen LogP contribution in [-0.2, 0) is 22.9 Å². The predicted molar refractivity (Wildman–Crippen MR) is 74.4 cm³/mol. The Morgan fingerprint density at radius 2 is 2.00 bits per heavy atom. The van der Waals surface area contributed by atoms with Gasteiger partial charge < -0.3 is 19.9 Å². The first-order valence-electron chi connectivity index (χ1n) is 6.71. The second-order valence-corrected chi connectivity index (χ2v) is 4.35. The van der Waals surface area contributed by atoms with Crippen molar-refractivity contribution >= 4 is 5.69 Å². The van der Waals surface area contributed by atoms with E-state index in [1.807, 2.05) is 7.05 Å². The molecule has 19 heavy (non-hydrogen) atoms. The summed E-state index contributed by atoms with van der Waals surface area (Å²) in [5.74, 6) is 0.653. The van der Waals surface area contributed by atoms with Crippen LogP contribution in [0.25, 0.3) is 0 Å². The number of aromatic nitrogens is 2. The fourth-order valence-electron chi connectivity index (χ4n) is 1.74. The lowest BCUT2D eigenvalue weighted by atomic mass is 10.2. The summed E-state index contributed by atoms with van der Waals surface area (Å²) >= 11 is 0. The fraction of sp³-hybridized carbons (Fsp3) is 0.769. The van der Waals surface area contributed by atoms with Gasteiger partial charge in [0.2, 0.25) is 5.88 Å². The minimum absolute atomic E-state index is 0.572. The molecular weight excluding hydrogens is 246 g/mol. The zero-order chi connectivity index (χ0) is 14.1. The number of nitrogens with zero attached hydrogens (tertiary/aromatic N) is 2. The van der Waals surface area contributed by atoms with Crippen molar-refractivity contribution in [3.05, 3.63) is 5.69 Å². The normalized spacial score (nSPS) is 10.9. The topological polar surface area (TPSA) is 71.5 Å². The highest BCUT2D eigenvalue weighted by Crippen LogP contribution is 2.25. The van der Waals surface area contributed by atoms with Gasteiger partial charge in [-0.05, 0) is 6.42 Å². The Kier molecular flexibility index (Phi) is 7.28. The number of nitrogens with two attached hydrogens (primary N) is 1. The first-order chi connectivity index (χ1) is 9.20. The van der Waals surface area contributed by atoms with Gasteiger partial charge in [0.15, 0.2) is 0 Å². The maximum atomic E-state index is 6.01. The second kappa shape index (κ2) is 8.77. The van der Waals surface area contributed by atoms with Gasteiger partial charge in [-0.25, -0.2) is 4.68 Å². The molecule has 2 N–H and O–H groups in total. The third-order valence-corrected chi connectivity index (χ3v) is 2.70. The second-order valence-electron chi connectivity index (χ2n) is 4.35. The van der Waals surface area contributed by atoms with E-state index >= 15 is 0 Å². The molecule has 0 aromatic carbocycles. The van der Waals surface area contributed by atoms with E-state index in [0.717, 1.165) is 25.0 Å². The molecule has 1 aromatic rings. The molecule has 0 fully saturated rings. The average molecular weight is 271 g/mol. The smallest absolute Gasteiger partial charge is 0.235 e. The lowest BCUT2D eigenvalue weighted by molar-refractivity contribution is 0.0640. The van der Waals surface area contributed by atoms with Crippen LogP contribution in [0.15, 0.2) is 0 Å². The molecule has 6 heteroatoms. The molecule has 0 aliphatic carbocycles. The number of anilines is 1. The van der Waals surface area contributed by atoms with Gasteiger partial charge in [0.1, 0.15) is 5.69 Å². The van der Waals surface area contributed by atoms with E-state index in [0.29, 0.717) is 38.0 Å². The number of nitrogen functional groups attached to an aromatic ring is 1.